The molecule has 0 amide bonds. The van der Waals surface area contributed by atoms with Gasteiger partial charge in [0, 0.05) is 18.5 Å². The Morgan fingerprint density at radius 3 is 3.11 bits per heavy atom. The molecule has 0 aromatic carbocycles. The number of pyridine rings is 1. The molecule has 0 N–H and O–H groups in total. The summed E-state index contributed by atoms with van der Waals surface area (Å²) >= 11 is 0. The first-order valence-corrected chi connectivity index (χ1v) is 6.94. The first-order chi connectivity index (χ1) is 9.31. The highest BCUT2D eigenvalue weighted by atomic mass is 16.5. The van der Waals surface area contributed by atoms with E-state index in [1.165, 1.54) is 19.4 Å². The molecular formula is C14H20N4O. The van der Waals surface area contributed by atoms with Crippen LogP contribution in [0.2, 0.25) is 0 Å². The van der Waals surface area contributed by atoms with Crippen molar-refractivity contribution in [3.8, 4) is 5.88 Å². The molecule has 5 heteroatoms. The van der Waals surface area contributed by atoms with Gasteiger partial charge in [-0.25, -0.2) is 4.98 Å². The highest BCUT2D eigenvalue weighted by molar-refractivity contribution is 5.40. The van der Waals surface area contributed by atoms with Crippen molar-refractivity contribution in [2.24, 2.45) is 0 Å². The van der Waals surface area contributed by atoms with Gasteiger partial charge in [0.1, 0.15) is 0 Å². The Balaban J connectivity index is 1.85. The second kappa shape index (κ2) is 5.17. The molecule has 102 valence electrons. The van der Waals surface area contributed by atoms with Crippen molar-refractivity contribution in [1.82, 2.24) is 19.5 Å². The lowest BCUT2D eigenvalue weighted by molar-refractivity contribution is 0.263. The average molecular weight is 260 g/mol. The maximum Gasteiger partial charge on any atom is 0.216 e. The predicted molar refractivity (Wildman–Crippen MR) is 73.5 cm³/mol. The molecule has 0 aliphatic carbocycles. The maximum atomic E-state index is 5.30. The van der Waals surface area contributed by atoms with Gasteiger partial charge in [0.15, 0.2) is 11.5 Å². The highest BCUT2D eigenvalue weighted by Crippen LogP contribution is 2.20. The van der Waals surface area contributed by atoms with Gasteiger partial charge in [-0.3, -0.25) is 0 Å². The summed E-state index contributed by atoms with van der Waals surface area (Å²) in [7, 11) is 1.66. The SMILES string of the molecule is CCN1CCCC1Cc1nc2cccc(OC)n2n1. The molecule has 1 aliphatic rings. The van der Waals surface area contributed by atoms with Crippen LogP contribution >= 0.6 is 0 Å². The topological polar surface area (TPSA) is 42.7 Å². The number of nitrogens with zero attached hydrogens (tertiary/aromatic N) is 4. The highest BCUT2D eigenvalue weighted by Gasteiger charge is 2.24. The largest absolute Gasteiger partial charge is 0.481 e. The van der Waals surface area contributed by atoms with Crippen LogP contribution in [0.15, 0.2) is 18.2 Å². The van der Waals surface area contributed by atoms with E-state index in [4.69, 9.17) is 4.74 Å². The quantitative estimate of drug-likeness (QED) is 0.840. The van der Waals surface area contributed by atoms with Crippen molar-refractivity contribution in [3.05, 3.63) is 24.0 Å². The Labute approximate surface area is 113 Å². The normalized spacial score (nSPS) is 20.2. The van der Waals surface area contributed by atoms with E-state index in [1.807, 2.05) is 18.2 Å². The number of likely N-dealkylation sites (tertiary alicyclic amines) is 1. The third kappa shape index (κ3) is 2.30. The minimum Gasteiger partial charge on any atom is -0.481 e. The minimum atomic E-state index is 0.591. The van der Waals surface area contributed by atoms with Crippen LogP contribution in [-0.4, -0.2) is 45.7 Å². The first-order valence-electron chi connectivity index (χ1n) is 6.94. The molecule has 2 aromatic rings. The summed E-state index contributed by atoms with van der Waals surface area (Å²) in [5.41, 5.74) is 0.857. The summed E-state index contributed by atoms with van der Waals surface area (Å²) in [6, 6.07) is 6.40. The van der Waals surface area contributed by atoms with Crippen LogP contribution in [0.25, 0.3) is 5.65 Å². The molecule has 1 atom stereocenters. The maximum absolute atomic E-state index is 5.30. The van der Waals surface area contributed by atoms with Crippen LogP contribution in [0.1, 0.15) is 25.6 Å². The Morgan fingerprint density at radius 2 is 2.32 bits per heavy atom. The summed E-state index contributed by atoms with van der Waals surface area (Å²) in [6.07, 6.45) is 3.47. The Kier molecular flexibility index (Phi) is 3.38. The molecule has 2 aromatic heterocycles. The van der Waals surface area contributed by atoms with Crippen LogP contribution < -0.4 is 4.74 Å². The molecule has 0 radical (unpaired) electrons. The summed E-state index contributed by atoms with van der Waals surface area (Å²) < 4.78 is 7.08. The van der Waals surface area contributed by atoms with Crippen molar-refractivity contribution < 1.29 is 4.74 Å². The zero-order valence-electron chi connectivity index (χ0n) is 11.5. The monoisotopic (exact) mass is 260 g/mol. The second-order valence-corrected chi connectivity index (χ2v) is 4.99. The smallest absolute Gasteiger partial charge is 0.216 e. The van der Waals surface area contributed by atoms with Gasteiger partial charge in [-0.05, 0) is 32.0 Å². The Bertz CT molecular complexity index is 566. The Morgan fingerprint density at radius 1 is 1.42 bits per heavy atom. The van der Waals surface area contributed by atoms with Gasteiger partial charge in [-0.1, -0.05) is 13.0 Å². The van der Waals surface area contributed by atoms with Gasteiger partial charge in [0.2, 0.25) is 5.88 Å². The zero-order chi connectivity index (χ0) is 13.2. The molecule has 0 saturated carbocycles. The molecular weight excluding hydrogens is 240 g/mol. The second-order valence-electron chi connectivity index (χ2n) is 4.99. The summed E-state index contributed by atoms with van der Waals surface area (Å²) in [6.45, 7) is 4.54. The predicted octanol–water partition coefficient (Wildman–Crippen LogP) is 1.76. The molecule has 3 rings (SSSR count). The van der Waals surface area contributed by atoms with E-state index in [9.17, 15) is 0 Å². The molecule has 1 unspecified atom stereocenters. The van der Waals surface area contributed by atoms with E-state index >= 15 is 0 Å². The fraction of sp³-hybridized carbons (Fsp3) is 0.571. The van der Waals surface area contributed by atoms with Gasteiger partial charge < -0.3 is 9.64 Å². The van der Waals surface area contributed by atoms with Crippen LogP contribution in [0.3, 0.4) is 0 Å². The number of fused-ring (bicyclic) bond motifs is 1. The van der Waals surface area contributed by atoms with E-state index in [2.05, 4.69) is 21.9 Å². The summed E-state index contributed by atoms with van der Waals surface area (Å²) in [5.74, 6) is 1.64. The van der Waals surface area contributed by atoms with Crippen LogP contribution in [0, 0.1) is 0 Å². The molecule has 1 saturated heterocycles. The van der Waals surface area contributed by atoms with Crippen LogP contribution in [-0.2, 0) is 6.42 Å². The number of rotatable bonds is 4. The van der Waals surface area contributed by atoms with E-state index in [1.54, 1.807) is 11.6 Å². The van der Waals surface area contributed by atoms with Gasteiger partial charge in [0.05, 0.1) is 7.11 Å². The van der Waals surface area contributed by atoms with Crippen molar-refractivity contribution in [3.63, 3.8) is 0 Å². The molecule has 5 nitrogen and oxygen atoms in total. The minimum absolute atomic E-state index is 0.591. The zero-order valence-corrected chi connectivity index (χ0v) is 11.5. The number of ether oxygens (including phenoxy) is 1. The first kappa shape index (κ1) is 12.4. The lowest BCUT2D eigenvalue weighted by atomic mass is 10.1. The molecule has 19 heavy (non-hydrogen) atoms. The lowest BCUT2D eigenvalue weighted by Crippen LogP contribution is -2.31. The third-order valence-corrected chi connectivity index (χ3v) is 3.90. The molecule has 1 aliphatic heterocycles. The van der Waals surface area contributed by atoms with E-state index in [0.29, 0.717) is 6.04 Å². The standard InChI is InChI=1S/C14H20N4O/c1-3-17-9-5-6-11(17)10-12-15-13-7-4-8-14(19-2)18(13)16-12/h4,7-8,11H,3,5-6,9-10H2,1-2H3. The molecule has 1 fully saturated rings. The van der Waals surface area contributed by atoms with Crippen molar-refractivity contribution in [1.29, 1.82) is 0 Å². The number of hydrogen-bond donors (Lipinski definition) is 0. The number of methoxy groups -OCH3 is 1. The fourth-order valence-electron chi connectivity index (χ4n) is 2.92. The summed E-state index contributed by atoms with van der Waals surface area (Å²) in [4.78, 5) is 7.12. The van der Waals surface area contributed by atoms with E-state index in [-0.39, 0.29) is 0 Å². The van der Waals surface area contributed by atoms with Crippen LogP contribution in [0.5, 0.6) is 5.88 Å². The van der Waals surface area contributed by atoms with Crippen molar-refractivity contribution >= 4 is 5.65 Å². The fourth-order valence-corrected chi connectivity index (χ4v) is 2.92. The van der Waals surface area contributed by atoms with Crippen LogP contribution in [0.4, 0.5) is 0 Å². The van der Waals surface area contributed by atoms with E-state index < -0.39 is 0 Å². The summed E-state index contributed by atoms with van der Waals surface area (Å²) in [5, 5.41) is 4.57. The van der Waals surface area contributed by atoms with Crippen molar-refractivity contribution in [2.45, 2.75) is 32.2 Å². The van der Waals surface area contributed by atoms with E-state index in [0.717, 1.165) is 30.3 Å². The van der Waals surface area contributed by atoms with Gasteiger partial charge in [-0.15, -0.1) is 5.10 Å². The number of likely N-dealkylation sites (N-methyl/N-ethyl adjacent to an activating group) is 1. The Hall–Kier alpha value is -1.62. The van der Waals surface area contributed by atoms with Gasteiger partial charge >= 0.3 is 0 Å². The van der Waals surface area contributed by atoms with Crippen molar-refractivity contribution in [2.75, 3.05) is 20.2 Å². The lowest BCUT2D eigenvalue weighted by Gasteiger charge is -2.21. The molecule has 3 heterocycles. The average Bonchev–Trinajstić information content (AvgIpc) is 3.04. The van der Waals surface area contributed by atoms with Gasteiger partial charge in [-0.2, -0.15) is 4.52 Å². The number of hydrogen-bond acceptors (Lipinski definition) is 4. The number of aromatic nitrogens is 3. The molecule has 0 bridgehead atoms. The third-order valence-electron chi connectivity index (χ3n) is 3.90. The van der Waals surface area contributed by atoms with Gasteiger partial charge in [0.25, 0.3) is 0 Å². The molecule has 0 spiro atoms.